The molecular formula is C22H31N3O5. The number of piperazine rings is 1. The van der Waals surface area contributed by atoms with Crippen LogP contribution in [0.15, 0.2) is 18.2 Å². The van der Waals surface area contributed by atoms with Crippen LogP contribution < -0.4 is 9.47 Å². The summed E-state index contributed by atoms with van der Waals surface area (Å²) in [7, 11) is 0. The third-order valence-corrected chi connectivity index (χ3v) is 6.05. The average Bonchev–Trinajstić information content (AvgIpc) is 3.23. The van der Waals surface area contributed by atoms with Crippen LogP contribution >= 0.6 is 0 Å². The Balaban J connectivity index is 1.26. The van der Waals surface area contributed by atoms with Crippen LogP contribution in [0.1, 0.15) is 31.7 Å². The SMILES string of the molecule is CCOC(=O)[C@H]1CCCCN1C(=O)CN1CCN(Cc2ccc3c(c2)OCO3)CC1. The number of carbonyl (C=O) groups excluding carboxylic acids is 2. The first-order valence-corrected chi connectivity index (χ1v) is 10.9. The second kappa shape index (κ2) is 9.66. The average molecular weight is 418 g/mol. The Bertz CT molecular complexity index is 763. The first-order chi connectivity index (χ1) is 14.6. The summed E-state index contributed by atoms with van der Waals surface area (Å²) in [5.74, 6) is 1.39. The molecule has 0 N–H and O–H groups in total. The van der Waals surface area contributed by atoms with Gasteiger partial charge >= 0.3 is 5.97 Å². The molecule has 0 spiro atoms. The van der Waals surface area contributed by atoms with Crippen LogP contribution in [0.2, 0.25) is 0 Å². The van der Waals surface area contributed by atoms with Gasteiger partial charge in [0.25, 0.3) is 0 Å². The van der Waals surface area contributed by atoms with Crippen molar-refractivity contribution in [2.24, 2.45) is 0 Å². The molecule has 0 radical (unpaired) electrons. The van der Waals surface area contributed by atoms with Crippen LogP contribution in [0.5, 0.6) is 11.5 Å². The zero-order chi connectivity index (χ0) is 20.9. The Hall–Kier alpha value is -2.32. The lowest BCUT2D eigenvalue weighted by molar-refractivity contribution is -0.157. The van der Waals surface area contributed by atoms with Gasteiger partial charge in [-0.1, -0.05) is 6.07 Å². The molecule has 8 nitrogen and oxygen atoms in total. The van der Waals surface area contributed by atoms with Gasteiger partial charge in [0.05, 0.1) is 13.2 Å². The molecule has 2 saturated heterocycles. The Morgan fingerprint density at radius 2 is 1.80 bits per heavy atom. The molecule has 0 unspecified atom stereocenters. The van der Waals surface area contributed by atoms with Gasteiger partial charge in [-0.05, 0) is 43.9 Å². The molecule has 1 amide bonds. The highest BCUT2D eigenvalue weighted by molar-refractivity contribution is 5.85. The molecule has 164 valence electrons. The van der Waals surface area contributed by atoms with E-state index in [4.69, 9.17) is 14.2 Å². The fourth-order valence-electron chi connectivity index (χ4n) is 4.40. The summed E-state index contributed by atoms with van der Waals surface area (Å²) in [5, 5.41) is 0. The van der Waals surface area contributed by atoms with Gasteiger partial charge < -0.3 is 19.1 Å². The van der Waals surface area contributed by atoms with Crippen LogP contribution in [0, 0.1) is 0 Å². The maximum Gasteiger partial charge on any atom is 0.328 e. The lowest BCUT2D eigenvalue weighted by Crippen LogP contribution is -2.54. The van der Waals surface area contributed by atoms with Crippen molar-refractivity contribution in [1.29, 1.82) is 0 Å². The van der Waals surface area contributed by atoms with E-state index in [9.17, 15) is 9.59 Å². The number of hydrogen-bond donors (Lipinski definition) is 0. The first-order valence-electron chi connectivity index (χ1n) is 10.9. The van der Waals surface area contributed by atoms with Crippen LogP contribution in [0.25, 0.3) is 0 Å². The van der Waals surface area contributed by atoms with Gasteiger partial charge in [0.2, 0.25) is 12.7 Å². The number of likely N-dealkylation sites (tertiary alicyclic amines) is 1. The van der Waals surface area contributed by atoms with Crippen molar-refractivity contribution < 1.29 is 23.8 Å². The van der Waals surface area contributed by atoms with Crippen LogP contribution in [-0.2, 0) is 20.9 Å². The number of ether oxygens (including phenoxy) is 3. The second-order valence-corrected chi connectivity index (χ2v) is 8.09. The minimum absolute atomic E-state index is 0.0389. The van der Waals surface area contributed by atoms with E-state index in [1.807, 2.05) is 12.1 Å². The molecule has 30 heavy (non-hydrogen) atoms. The summed E-state index contributed by atoms with van der Waals surface area (Å²) in [5.41, 5.74) is 1.20. The highest BCUT2D eigenvalue weighted by Crippen LogP contribution is 2.32. The van der Waals surface area contributed by atoms with E-state index in [1.54, 1.807) is 11.8 Å². The standard InChI is InChI=1S/C22H31N3O5/c1-2-28-22(27)18-5-3-4-8-25(18)21(26)15-24-11-9-23(10-12-24)14-17-6-7-19-20(13-17)30-16-29-19/h6-7,13,18H,2-5,8-12,14-16H2,1H3/t18-/m1/s1. The third-order valence-electron chi connectivity index (χ3n) is 6.05. The Labute approximate surface area is 177 Å². The molecule has 1 aromatic rings. The smallest absolute Gasteiger partial charge is 0.328 e. The predicted octanol–water partition coefficient (Wildman–Crippen LogP) is 1.48. The number of rotatable bonds is 6. The van der Waals surface area contributed by atoms with Crippen molar-refractivity contribution in [3.05, 3.63) is 23.8 Å². The van der Waals surface area contributed by atoms with E-state index in [-0.39, 0.29) is 11.9 Å². The number of carbonyl (C=O) groups is 2. The van der Waals surface area contributed by atoms with Crippen molar-refractivity contribution in [3.8, 4) is 11.5 Å². The summed E-state index contributed by atoms with van der Waals surface area (Å²) < 4.78 is 16.0. The fraction of sp³-hybridized carbons (Fsp3) is 0.636. The Morgan fingerprint density at radius 3 is 2.60 bits per heavy atom. The topological polar surface area (TPSA) is 71.6 Å². The number of piperidine rings is 1. The molecule has 0 bridgehead atoms. The maximum absolute atomic E-state index is 12.9. The summed E-state index contributed by atoms with van der Waals surface area (Å²) in [6.45, 7) is 7.81. The molecule has 0 saturated carbocycles. The van der Waals surface area contributed by atoms with Crippen molar-refractivity contribution >= 4 is 11.9 Å². The van der Waals surface area contributed by atoms with Gasteiger partial charge in [0.15, 0.2) is 11.5 Å². The molecule has 2 fully saturated rings. The molecule has 1 atom stereocenters. The van der Waals surface area contributed by atoms with E-state index < -0.39 is 6.04 Å². The lowest BCUT2D eigenvalue weighted by atomic mass is 10.0. The van der Waals surface area contributed by atoms with Crippen molar-refractivity contribution in [3.63, 3.8) is 0 Å². The molecule has 0 aromatic heterocycles. The van der Waals surface area contributed by atoms with Crippen LogP contribution in [-0.4, -0.2) is 85.3 Å². The molecule has 3 aliphatic rings. The van der Waals surface area contributed by atoms with E-state index in [0.29, 0.717) is 32.9 Å². The monoisotopic (exact) mass is 417 g/mol. The number of amides is 1. The van der Waals surface area contributed by atoms with E-state index in [0.717, 1.165) is 57.1 Å². The number of esters is 1. The van der Waals surface area contributed by atoms with Crippen LogP contribution in [0.4, 0.5) is 0 Å². The largest absolute Gasteiger partial charge is 0.464 e. The number of fused-ring (bicyclic) bond motifs is 1. The van der Waals surface area contributed by atoms with E-state index >= 15 is 0 Å². The Morgan fingerprint density at radius 1 is 1.03 bits per heavy atom. The van der Waals surface area contributed by atoms with Gasteiger partial charge in [-0.2, -0.15) is 0 Å². The Kier molecular flexibility index (Phi) is 6.74. The summed E-state index contributed by atoms with van der Waals surface area (Å²) in [6, 6.07) is 5.67. The minimum Gasteiger partial charge on any atom is -0.464 e. The van der Waals surface area contributed by atoms with Crippen LogP contribution in [0.3, 0.4) is 0 Å². The van der Waals surface area contributed by atoms with Crippen molar-refractivity contribution in [1.82, 2.24) is 14.7 Å². The number of benzene rings is 1. The van der Waals surface area contributed by atoms with Gasteiger partial charge in [-0.3, -0.25) is 14.6 Å². The molecule has 4 rings (SSSR count). The summed E-state index contributed by atoms with van der Waals surface area (Å²) in [4.78, 5) is 31.5. The fourth-order valence-corrected chi connectivity index (χ4v) is 4.40. The molecule has 8 heteroatoms. The van der Waals surface area contributed by atoms with Crippen molar-refractivity contribution in [2.45, 2.75) is 38.8 Å². The predicted molar refractivity (Wildman–Crippen MR) is 110 cm³/mol. The van der Waals surface area contributed by atoms with Gasteiger partial charge in [-0.25, -0.2) is 4.79 Å². The quantitative estimate of drug-likeness (QED) is 0.649. The zero-order valence-electron chi connectivity index (χ0n) is 17.7. The molecule has 1 aromatic carbocycles. The molecular weight excluding hydrogens is 386 g/mol. The normalized spacial score (nSPS) is 22.2. The highest BCUT2D eigenvalue weighted by Gasteiger charge is 2.34. The van der Waals surface area contributed by atoms with E-state index in [2.05, 4.69) is 15.9 Å². The zero-order valence-corrected chi connectivity index (χ0v) is 17.7. The third kappa shape index (κ3) is 4.87. The second-order valence-electron chi connectivity index (χ2n) is 8.09. The summed E-state index contributed by atoms with van der Waals surface area (Å²) in [6.07, 6.45) is 2.62. The van der Waals surface area contributed by atoms with Gasteiger partial charge in [0, 0.05) is 39.3 Å². The number of nitrogens with zero attached hydrogens (tertiary/aromatic N) is 3. The molecule has 0 aliphatic carbocycles. The van der Waals surface area contributed by atoms with E-state index in [1.165, 1.54) is 5.56 Å². The first kappa shape index (κ1) is 20.9. The molecule has 3 aliphatic heterocycles. The summed E-state index contributed by atoms with van der Waals surface area (Å²) >= 11 is 0. The maximum atomic E-state index is 12.9. The lowest BCUT2D eigenvalue weighted by Gasteiger charge is -2.38. The molecule has 3 heterocycles. The minimum atomic E-state index is -0.418. The highest BCUT2D eigenvalue weighted by atomic mass is 16.7. The van der Waals surface area contributed by atoms with Gasteiger partial charge in [-0.15, -0.1) is 0 Å². The van der Waals surface area contributed by atoms with Crippen molar-refractivity contribution in [2.75, 3.05) is 52.7 Å². The van der Waals surface area contributed by atoms with Gasteiger partial charge in [0.1, 0.15) is 6.04 Å². The number of hydrogen-bond acceptors (Lipinski definition) is 7.